The van der Waals surface area contributed by atoms with Crippen molar-refractivity contribution in [3.63, 3.8) is 0 Å². The summed E-state index contributed by atoms with van der Waals surface area (Å²) in [6.07, 6.45) is -4.90. The fraction of sp³-hybridized carbons (Fsp3) is 0.333. The van der Waals surface area contributed by atoms with Gasteiger partial charge < -0.3 is 5.32 Å². The molecule has 0 spiro atoms. The largest absolute Gasteiger partial charge is 0.471 e. The number of halogens is 3. The van der Waals surface area contributed by atoms with E-state index in [1.165, 1.54) is 0 Å². The normalized spacial score (nSPS) is 19.3. The highest BCUT2D eigenvalue weighted by atomic mass is 19.4. The van der Waals surface area contributed by atoms with Gasteiger partial charge in [0.25, 0.3) is 0 Å². The molecule has 19 heavy (non-hydrogen) atoms. The number of amides is 1. The molecule has 1 aromatic carbocycles. The van der Waals surface area contributed by atoms with E-state index in [2.05, 4.69) is 5.10 Å². The van der Waals surface area contributed by atoms with Gasteiger partial charge in [-0.05, 0) is 12.1 Å². The molecule has 0 saturated heterocycles. The number of carbonyl (C=O) groups excluding carboxylic acids is 1. The molecule has 4 nitrogen and oxygen atoms in total. The smallest absolute Gasteiger partial charge is 0.305 e. The van der Waals surface area contributed by atoms with Gasteiger partial charge in [-0.3, -0.25) is 9.80 Å². The summed E-state index contributed by atoms with van der Waals surface area (Å²) in [5.41, 5.74) is 0.769. The van der Waals surface area contributed by atoms with Crippen molar-refractivity contribution in [2.45, 2.75) is 13.1 Å². The van der Waals surface area contributed by atoms with Gasteiger partial charge in [0, 0.05) is 5.92 Å². The Kier molecular flexibility index (Phi) is 3.46. The van der Waals surface area contributed by atoms with Crippen LogP contribution in [0, 0.1) is 5.92 Å². The van der Waals surface area contributed by atoms with Crippen molar-refractivity contribution in [3.05, 3.63) is 30.3 Å². The van der Waals surface area contributed by atoms with Gasteiger partial charge in [0.05, 0.1) is 12.2 Å². The van der Waals surface area contributed by atoms with E-state index >= 15 is 0 Å². The Morgan fingerprint density at radius 3 is 2.58 bits per heavy atom. The number of rotatable bonds is 1. The van der Waals surface area contributed by atoms with Gasteiger partial charge in [-0.15, -0.1) is 0 Å². The third-order valence-corrected chi connectivity index (χ3v) is 2.70. The summed E-state index contributed by atoms with van der Waals surface area (Å²) in [4.78, 5) is 10.9. The van der Waals surface area contributed by atoms with Crippen molar-refractivity contribution in [2.75, 3.05) is 11.6 Å². The van der Waals surface area contributed by atoms with Gasteiger partial charge in [-0.1, -0.05) is 25.1 Å². The Morgan fingerprint density at radius 2 is 2.00 bits per heavy atom. The van der Waals surface area contributed by atoms with Crippen LogP contribution >= 0.6 is 0 Å². The number of nitrogens with one attached hydrogen (secondary N) is 1. The lowest BCUT2D eigenvalue weighted by Crippen LogP contribution is -2.42. The van der Waals surface area contributed by atoms with E-state index in [9.17, 15) is 18.0 Å². The predicted molar refractivity (Wildman–Crippen MR) is 64.6 cm³/mol. The molecule has 0 saturated carbocycles. The second-order valence-corrected chi connectivity index (χ2v) is 4.26. The van der Waals surface area contributed by atoms with E-state index in [-0.39, 0.29) is 11.8 Å². The zero-order valence-electron chi connectivity index (χ0n) is 10.1. The lowest BCUT2D eigenvalue weighted by molar-refractivity contribution is -0.171. The number of anilines is 1. The van der Waals surface area contributed by atoms with E-state index in [0.717, 1.165) is 5.69 Å². The first-order valence-electron chi connectivity index (χ1n) is 5.67. The van der Waals surface area contributed by atoms with E-state index in [4.69, 9.17) is 0 Å². The maximum Gasteiger partial charge on any atom is 0.471 e. The summed E-state index contributed by atoms with van der Waals surface area (Å²) >= 11 is 0. The standard InChI is InChI=1S/C12H12F3N3O/c1-8-7-18(9-5-3-2-4-6-9)17-10(8)16-11(19)12(13,14)15/h2-6,8H,7H2,1H3,(H,16,17,19). The summed E-state index contributed by atoms with van der Waals surface area (Å²) in [6, 6.07) is 9.04. The zero-order valence-corrected chi connectivity index (χ0v) is 10.1. The van der Waals surface area contributed by atoms with Crippen LogP contribution in [0.5, 0.6) is 0 Å². The first kappa shape index (κ1) is 13.4. The molecule has 0 aromatic heterocycles. The zero-order chi connectivity index (χ0) is 14.0. The molecule has 2 rings (SSSR count). The highest BCUT2D eigenvalue weighted by Gasteiger charge is 2.40. The SMILES string of the molecule is CC1CN(c2ccccc2)N=C1NC(=O)C(F)(F)F. The monoisotopic (exact) mass is 271 g/mol. The predicted octanol–water partition coefficient (Wildman–Crippen LogP) is 2.13. The molecule has 0 aliphatic carbocycles. The van der Waals surface area contributed by atoms with Crippen LogP contribution in [0.25, 0.3) is 0 Å². The molecule has 0 bridgehead atoms. The molecule has 1 atom stereocenters. The van der Waals surface area contributed by atoms with Crippen LogP contribution in [0.4, 0.5) is 18.9 Å². The highest BCUT2D eigenvalue weighted by Crippen LogP contribution is 2.22. The maximum atomic E-state index is 12.2. The summed E-state index contributed by atoms with van der Waals surface area (Å²) in [5.74, 6) is -2.23. The Morgan fingerprint density at radius 1 is 1.37 bits per heavy atom. The number of benzene rings is 1. The van der Waals surface area contributed by atoms with E-state index < -0.39 is 12.1 Å². The number of carbonyl (C=O) groups is 1. The third-order valence-electron chi connectivity index (χ3n) is 2.70. The van der Waals surface area contributed by atoms with Gasteiger partial charge in [-0.2, -0.15) is 18.3 Å². The summed E-state index contributed by atoms with van der Waals surface area (Å²) in [5, 5.41) is 7.39. The fourth-order valence-electron chi connectivity index (χ4n) is 1.71. The number of para-hydroxylation sites is 1. The quantitative estimate of drug-likeness (QED) is 0.850. The molecular weight excluding hydrogens is 259 g/mol. The van der Waals surface area contributed by atoms with Crippen LogP contribution in [-0.4, -0.2) is 24.5 Å². The lowest BCUT2D eigenvalue weighted by atomic mass is 10.1. The van der Waals surface area contributed by atoms with Crippen LogP contribution in [0.2, 0.25) is 0 Å². The number of hydrogen-bond acceptors (Lipinski definition) is 3. The van der Waals surface area contributed by atoms with Gasteiger partial charge >= 0.3 is 12.1 Å². The number of amidine groups is 1. The van der Waals surface area contributed by atoms with Crippen molar-refractivity contribution in [2.24, 2.45) is 11.0 Å². The Hall–Kier alpha value is -2.05. The minimum absolute atomic E-state index is 0.0335. The highest BCUT2D eigenvalue weighted by molar-refractivity contribution is 6.02. The number of hydrazone groups is 1. The number of alkyl halides is 3. The van der Waals surface area contributed by atoms with Crippen molar-refractivity contribution in [1.82, 2.24) is 5.32 Å². The van der Waals surface area contributed by atoms with Crippen LogP contribution in [0.3, 0.4) is 0 Å². The van der Waals surface area contributed by atoms with Crippen LogP contribution in [-0.2, 0) is 4.79 Å². The van der Waals surface area contributed by atoms with Gasteiger partial charge in [-0.25, -0.2) is 0 Å². The Balaban J connectivity index is 2.12. The summed E-state index contributed by atoms with van der Waals surface area (Å²) < 4.78 is 36.5. The van der Waals surface area contributed by atoms with E-state index in [1.807, 2.05) is 23.5 Å². The first-order chi connectivity index (χ1) is 8.88. The molecule has 1 aliphatic heterocycles. The molecule has 102 valence electrons. The molecule has 0 radical (unpaired) electrons. The Labute approximate surface area is 107 Å². The molecule has 1 aliphatic rings. The number of hydrogen-bond donors (Lipinski definition) is 1. The molecule has 7 heteroatoms. The molecule has 0 fully saturated rings. The molecule has 1 aromatic rings. The Bertz CT molecular complexity index is 499. The minimum atomic E-state index is -4.90. The lowest BCUT2D eigenvalue weighted by Gasteiger charge is -2.13. The second kappa shape index (κ2) is 4.91. The van der Waals surface area contributed by atoms with Crippen LogP contribution in [0.1, 0.15) is 6.92 Å². The molecule has 1 amide bonds. The molecular formula is C12H12F3N3O. The van der Waals surface area contributed by atoms with Gasteiger partial charge in [0.1, 0.15) is 5.84 Å². The van der Waals surface area contributed by atoms with Gasteiger partial charge in [0.2, 0.25) is 0 Å². The van der Waals surface area contributed by atoms with Gasteiger partial charge in [0.15, 0.2) is 0 Å². The summed E-state index contributed by atoms with van der Waals surface area (Å²) in [6.45, 7) is 2.13. The van der Waals surface area contributed by atoms with E-state index in [1.54, 1.807) is 24.1 Å². The van der Waals surface area contributed by atoms with Crippen molar-refractivity contribution in [3.8, 4) is 0 Å². The van der Waals surface area contributed by atoms with Crippen molar-refractivity contribution in [1.29, 1.82) is 0 Å². The topological polar surface area (TPSA) is 44.7 Å². The summed E-state index contributed by atoms with van der Waals surface area (Å²) in [7, 11) is 0. The van der Waals surface area contributed by atoms with Crippen LogP contribution < -0.4 is 10.3 Å². The van der Waals surface area contributed by atoms with Crippen molar-refractivity contribution < 1.29 is 18.0 Å². The average Bonchev–Trinajstić information content (AvgIpc) is 2.71. The second-order valence-electron chi connectivity index (χ2n) is 4.26. The molecule has 1 N–H and O–H groups in total. The fourth-order valence-corrected chi connectivity index (χ4v) is 1.71. The van der Waals surface area contributed by atoms with E-state index in [0.29, 0.717) is 6.54 Å². The minimum Gasteiger partial charge on any atom is -0.305 e. The third kappa shape index (κ3) is 3.04. The number of nitrogens with zero attached hydrogens (tertiary/aromatic N) is 2. The first-order valence-corrected chi connectivity index (χ1v) is 5.67. The maximum absolute atomic E-state index is 12.2. The van der Waals surface area contributed by atoms with Crippen molar-refractivity contribution >= 4 is 17.4 Å². The molecule has 1 heterocycles. The van der Waals surface area contributed by atoms with Crippen LogP contribution in [0.15, 0.2) is 35.4 Å². The molecule has 1 unspecified atom stereocenters. The average molecular weight is 271 g/mol.